The quantitative estimate of drug-likeness (QED) is 0.916. The lowest BCUT2D eigenvalue weighted by Crippen LogP contribution is -2.37. The predicted molar refractivity (Wildman–Crippen MR) is 83.1 cm³/mol. The van der Waals surface area contributed by atoms with Gasteiger partial charge in [-0.1, -0.05) is 48.5 Å². The molecule has 0 aliphatic carbocycles. The molecule has 3 heteroatoms. The van der Waals surface area contributed by atoms with Crippen LogP contribution in [0.3, 0.4) is 0 Å². The molecule has 3 nitrogen and oxygen atoms in total. The number of nitrogens with zero attached hydrogens (tertiary/aromatic N) is 1. The molecule has 1 fully saturated rings. The van der Waals surface area contributed by atoms with Crippen LogP contribution in [0, 0.1) is 0 Å². The lowest BCUT2D eigenvalue weighted by molar-refractivity contribution is -0.120. The average Bonchev–Trinajstić information content (AvgIpc) is 3.05. The summed E-state index contributed by atoms with van der Waals surface area (Å²) in [6.07, 6.45) is 0.905. The Hall–Kier alpha value is -2.13. The predicted octanol–water partition coefficient (Wildman–Crippen LogP) is 2.78. The topological polar surface area (TPSA) is 32.3 Å². The van der Waals surface area contributed by atoms with Gasteiger partial charge in [0.1, 0.15) is 0 Å². The number of carbonyl (C=O) groups excluding carboxylic acids is 1. The zero-order chi connectivity index (χ0) is 14.3. The van der Waals surface area contributed by atoms with Gasteiger partial charge in [-0.3, -0.25) is 9.69 Å². The highest BCUT2D eigenvalue weighted by Crippen LogP contribution is 2.44. The Morgan fingerprint density at radius 2 is 1.81 bits per heavy atom. The molecule has 21 heavy (non-hydrogen) atoms. The van der Waals surface area contributed by atoms with E-state index in [0.717, 1.165) is 31.7 Å². The molecule has 2 aliphatic heterocycles. The van der Waals surface area contributed by atoms with E-state index >= 15 is 0 Å². The summed E-state index contributed by atoms with van der Waals surface area (Å²) in [6.45, 7) is 2.69. The van der Waals surface area contributed by atoms with Crippen molar-refractivity contribution in [2.75, 3.05) is 18.4 Å². The van der Waals surface area contributed by atoms with Crippen molar-refractivity contribution in [3.05, 3.63) is 65.7 Å². The summed E-state index contributed by atoms with van der Waals surface area (Å²) in [5.74, 6) is 0.166. The first-order valence-corrected chi connectivity index (χ1v) is 7.45. The van der Waals surface area contributed by atoms with Crippen LogP contribution in [0.15, 0.2) is 54.6 Å². The third-order valence-corrected chi connectivity index (χ3v) is 4.72. The smallest absolute Gasteiger partial charge is 0.236 e. The van der Waals surface area contributed by atoms with E-state index in [2.05, 4.69) is 40.5 Å². The molecule has 1 spiro atoms. The Bertz CT molecular complexity index is 683. The fourth-order valence-electron chi connectivity index (χ4n) is 3.64. The monoisotopic (exact) mass is 278 g/mol. The Labute approximate surface area is 124 Å². The van der Waals surface area contributed by atoms with Crippen LogP contribution in [0.25, 0.3) is 0 Å². The van der Waals surface area contributed by atoms with Gasteiger partial charge in [0.2, 0.25) is 5.91 Å². The van der Waals surface area contributed by atoms with Crippen molar-refractivity contribution < 1.29 is 4.79 Å². The number of anilines is 1. The Balaban J connectivity index is 1.60. The summed E-state index contributed by atoms with van der Waals surface area (Å²) in [6, 6.07) is 18.6. The second-order valence-corrected chi connectivity index (χ2v) is 6.03. The van der Waals surface area contributed by atoms with Crippen LogP contribution >= 0.6 is 0 Å². The molecular formula is C18H18N2O. The minimum atomic E-state index is -0.342. The number of likely N-dealkylation sites (tertiary alicyclic amines) is 1. The molecule has 2 aromatic carbocycles. The van der Waals surface area contributed by atoms with Crippen LogP contribution in [0.4, 0.5) is 5.69 Å². The van der Waals surface area contributed by atoms with E-state index < -0.39 is 0 Å². The van der Waals surface area contributed by atoms with E-state index in [9.17, 15) is 4.79 Å². The molecule has 0 bridgehead atoms. The second kappa shape index (κ2) is 4.71. The molecule has 0 radical (unpaired) electrons. The Morgan fingerprint density at radius 1 is 1.05 bits per heavy atom. The van der Waals surface area contributed by atoms with Gasteiger partial charge in [-0.05, 0) is 30.2 Å². The maximum Gasteiger partial charge on any atom is 0.236 e. The second-order valence-electron chi connectivity index (χ2n) is 6.03. The third-order valence-electron chi connectivity index (χ3n) is 4.72. The van der Waals surface area contributed by atoms with Crippen LogP contribution < -0.4 is 5.32 Å². The Kier molecular flexibility index (Phi) is 2.82. The van der Waals surface area contributed by atoms with E-state index in [1.165, 1.54) is 11.1 Å². The first-order valence-electron chi connectivity index (χ1n) is 7.45. The van der Waals surface area contributed by atoms with Crippen LogP contribution in [0.1, 0.15) is 17.5 Å². The van der Waals surface area contributed by atoms with Crippen LogP contribution in [0.2, 0.25) is 0 Å². The fourth-order valence-corrected chi connectivity index (χ4v) is 3.64. The maximum atomic E-state index is 12.5. The number of nitrogens with one attached hydrogen (secondary N) is 1. The van der Waals surface area contributed by atoms with E-state index in [0.29, 0.717) is 0 Å². The van der Waals surface area contributed by atoms with Crippen molar-refractivity contribution in [1.82, 2.24) is 4.90 Å². The molecule has 2 aromatic rings. The number of benzene rings is 2. The molecule has 1 atom stereocenters. The van der Waals surface area contributed by atoms with Crippen molar-refractivity contribution in [3.8, 4) is 0 Å². The molecule has 4 rings (SSSR count). The molecule has 106 valence electrons. The number of hydrogen-bond donors (Lipinski definition) is 1. The Morgan fingerprint density at radius 3 is 2.67 bits per heavy atom. The van der Waals surface area contributed by atoms with Crippen LogP contribution in [-0.2, 0) is 16.8 Å². The van der Waals surface area contributed by atoms with E-state index in [1.807, 2.05) is 24.3 Å². The van der Waals surface area contributed by atoms with E-state index in [4.69, 9.17) is 0 Å². The van der Waals surface area contributed by atoms with Crippen LogP contribution in [0.5, 0.6) is 0 Å². The zero-order valence-electron chi connectivity index (χ0n) is 11.9. The number of rotatable bonds is 2. The van der Waals surface area contributed by atoms with Gasteiger partial charge in [0.15, 0.2) is 0 Å². The fraction of sp³-hybridized carbons (Fsp3) is 0.278. The minimum Gasteiger partial charge on any atom is -0.325 e. The molecule has 1 amide bonds. The highest BCUT2D eigenvalue weighted by molar-refractivity contribution is 6.06. The zero-order valence-corrected chi connectivity index (χ0v) is 11.9. The molecule has 0 unspecified atom stereocenters. The van der Waals surface area contributed by atoms with Gasteiger partial charge in [-0.15, -0.1) is 0 Å². The van der Waals surface area contributed by atoms with Crippen molar-refractivity contribution in [3.63, 3.8) is 0 Å². The van der Waals surface area contributed by atoms with Gasteiger partial charge in [0, 0.05) is 18.8 Å². The average molecular weight is 278 g/mol. The summed E-state index contributed by atoms with van der Waals surface area (Å²) in [5.41, 5.74) is 3.13. The van der Waals surface area contributed by atoms with Gasteiger partial charge in [0.25, 0.3) is 0 Å². The van der Waals surface area contributed by atoms with Gasteiger partial charge in [-0.2, -0.15) is 0 Å². The summed E-state index contributed by atoms with van der Waals surface area (Å²) in [7, 11) is 0. The first kappa shape index (κ1) is 12.6. The number of fused-ring (bicyclic) bond motifs is 2. The SMILES string of the molecule is O=C1Nc2ccccc2[C@]12CCN(Cc1ccccc1)C2. The number of hydrogen-bond acceptors (Lipinski definition) is 2. The van der Waals surface area contributed by atoms with Crippen molar-refractivity contribution in [2.24, 2.45) is 0 Å². The molecule has 0 aromatic heterocycles. The summed E-state index contributed by atoms with van der Waals surface area (Å²) in [5, 5.41) is 3.05. The van der Waals surface area contributed by atoms with Gasteiger partial charge in [-0.25, -0.2) is 0 Å². The summed E-state index contributed by atoms with van der Waals surface area (Å²) < 4.78 is 0. The highest BCUT2D eigenvalue weighted by atomic mass is 16.2. The van der Waals surface area contributed by atoms with Gasteiger partial charge in [0.05, 0.1) is 5.41 Å². The minimum absolute atomic E-state index is 0.166. The van der Waals surface area contributed by atoms with Crippen molar-refractivity contribution >= 4 is 11.6 Å². The summed E-state index contributed by atoms with van der Waals surface area (Å²) >= 11 is 0. The first-order chi connectivity index (χ1) is 10.3. The maximum absolute atomic E-state index is 12.5. The third kappa shape index (κ3) is 1.96. The lowest BCUT2D eigenvalue weighted by atomic mass is 9.81. The standard InChI is InChI=1S/C18H18N2O/c21-17-18(15-8-4-5-9-16(15)19-17)10-11-20(13-18)12-14-6-2-1-3-7-14/h1-9H,10-13H2,(H,19,21)/t18-/m1/s1. The van der Waals surface area contributed by atoms with Crippen molar-refractivity contribution in [1.29, 1.82) is 0 Å². The molecule has 1 N–H and O–H groups in total. The largest absolute Gasteiger partial charge is 0.325 e. The molecule has 2 aliphatic rings. The van der Waals surface area contributed by atoms with Crippen LogP contribution in [-0.4, -0.2) is 23.9 Å². The molecule has 2 heterocycles. The highest BCUT2D eigenvalue weighted by Gasteiger charge is 2.50. The number of para-hydroxylation sites is 1. The molecule has 1 saturated heterocycles. The molecule has 0 saturated carbocycles. The summed E-state index contributed by atoms with van der Waals surface area (Å²) in [4.78, 5) is 14.9. The van der Waals surface area contributed by atoms with Gasteiger partial charge >= 0.3 is 0 Å². The van der Waals surface area contributed by atoms with E-state index in [-0.39, 0.29) is 11.3 Å². The normalized spacial score (nSPS) is 24.3. The molecular weight excluding hydrogens is 260 g/mol. The number of carbonyl (C=O) groups is 1. The van der Waals surface area contributed by atoms with Gasteiger partial charge < -0.3 is 5.32 Å². The number of amides is 1. The van der Waals surface area contributed by atoms with Crippen molar-refractivity contribution in [2.45, 2.75) is 18.4 Å². The van der Waals surface area contributed by atoms with E-state index in [1.54, 1.807) is 0 Å². The lowest BCUT2D eigenvalue weighted by Gasteiger charge is -2.22.